The zero-order chi connectivity index (χ0) is 18.1. The summed E-state index contributed by atoms with van der Waals surface area (Å²) in [7, 11) is -8.13. The average molecular weight is 358 g/mol. The second kappa shape index (κ2) is 9.98. The second-order valence-electron chi connectivity index (χ2n) is 4.17. The van der Waals surface area contributed by atoms with Crippen LogP contribution in [0.4, 0.5) is 0 Å². The van der Waals surface area contributed by atoms with Gasteiger partial charge in [0.1, 0.15) is 0 Å². The number of hydrogen-bond acceptors (Lipinski definition) is 6. The van der Waals surface area contributed by atoms with Crippen LogP contribution in [0, 0.1) is 0 Å². The first-order chi connectivity index (χ1) is 9.93. The minimum Gasteiger partial charge on any atom is -0.264 e. The van der Waals surface area contributed by atoms with Crippen LogP contribution >= 0.6 is 7.26 Å². The Morgan fingerprint density at radius 2 is 0.818 bits per heavy atom. The normalized spacial score (nSPS) is 17.7. The largest absolute Gasteiger partial charge is 0.394 e. The SMILES string of the molecule is C=CC(O)[PH](C(O)C=C)(C(O)C=C)C(O)C=C.O=S(=O)(O)O. The Bertz CT molecular complexity index is 420. The molecular formula is C12H23O8PS. The van der Waals surface area contributed by atoms with Gasteiger partial charge >= 0.3 is 112 Å². The smallest absolute Gasteiger partial charge is 0.264 e. The molecule has 0 aliphatic rings. The third-order valence-electron chi connectivity index (χ3n) is 2.94. The standard InChI is InChI=1S/C12H21O4P.H2O4S/c1-5-9(13)17(10(14)6-2,11(15)7-3)12(16)8-4;1-5(2,3)4/h5-17H,1-4H2;(H2,1,2,3,4). The molecule has 0 rings (SSSR count). The zero-order valence-corrected chi connectivity index (χ0v) is 13.7. The summed E-state index contributed by atoms with van der Waals surface area (Å²) < 4.78 is 31.6. The monoisotopic (exact) mass is 358 g/mol. The van der Waals surface area contributed by atoms with Gasteiger partial charge in [0.2, 0.25) is 0 Å². The fourth-order valence-electron chi connectivity index (χ4n) is 1.87. The topological polar surface area (TPSA) is 156 Å². The van der Waals surface area contributed by atoms with Crippen molar-refractivity contribution in [3.05, 3.63) is 50.6 Å². The van der Waals surface area contributed by atoms with Gasteiger partial charge in [-0.2, -0.15) is 8.42 Å². The van der Waals surface area contributed by atoms with E-state index in [-0.39, 0.29) is 0 Å². The van der Waals surface area contributed by atoms with E-state index < -0.39 is 41.0 Å². The molecule has 0 bridgehead atoms. The number of rotatable bonds is 8. The molecule has 0 aromatic heterocycles. The quantitative estimate of drug-likeness (QED) is 0.203. The molecule has 4 unspecified atom stereocenters. The predicted molar refractivity (Wildman–Crippen MR) is 87.3 cm³/mol. The molecule has 0 spiro atoms. The van der Waals surface area contributed by atoms with Crippen molar-refractivity contribution in [1.82, 2.24) is 0 Å². The molecule has 130 valence electrons. The Morgan fingerprint density at radius 3 is 0.909 bits per heavy atom. The van der Waals surface area contributed by atoms with Gasteiger partial charge in [0.25, 0.3) is 0 Å². The van der Waals surface area contributed by atoms with Crippen LogP contribution in [-0.2, 0) is 10.4 Å². The van der Waals surface area contributed by atoms with Crippen LogP contribution in [0.15, 0.2) is 50.6 Å². The summed E-state index contributed by atoms with van der Waals surface area (Å²) in [5.74, 6) is -4.90. The molecular weight excluding hydrogens is 335 g/mol. The van der Waals surface area contributed by atoms with E-state index in [0.29, 0.717) is 0 Å². The van der Waals surface area contributed by atoms with E-state index in [9.17, 15) is 20.4 Å². The van der Waals surface area contributed by atoms with Crippen molar-refractivity contribution in [2.75, 3.05) is 0 Å². The van der Waals surface area contributed by atoms with E-state index >= 15 is 0 Å². The third-order valence-corrected chi connectivity index (χ3v) is 7.98. The molecule has 0 saturated heterocycles. The van der Waals surface area contributed by atoms with Gasteiger partial charge < -0.3 is 0 Å². The van der Waals surface area contributed by atoms with Gasteiger partial charge in [-0.05, 0) is 0 Å². The van der Waals surface area contributed by atoms with Crippen molar-refractivity contribution < 1.29 is 37.9 Å². The summed E-state index contributed by atoms with van der Waals surface area (Å²) in [6.45, 7) is 13.7. The molecule has 0 saturated carbocycles. The van der Waals surface area contributed by atoms with E-state index in [4.69, 9.17) is 17.5 Å². The van der Waals surface area contributed by atoms with E-state index in [1.807, 2.05) is 0 Å². The molecule has 0 aromatic rings. The van der Waals surface area contributed by atoms with E-state index in [2.05, 4.69) is 26.3 Å². The molecule has 8 nitrogen and oxygen atoms in total. The minimum atomic E-state index is -4.67. The molecule has 0 heterocycles. The van der Waals surface area contributed by atoms with Crippen molar-refractivity contribution in [3.63, 3.8) is 0 Å². The van der Waals surface area contributed by atoms with Gasteiger partial charge in [-0.15, -0.1) is 0 Å². The fraction of sp³-hybridized carbons (Fsp3) is 0.333. The fourth-order valence-corrected chi connectivity index (χ4v) is 5.60. The summed E-state index contributed by atoms with van der Waals surface area (Å²) in [5.41, 5.74) is 0. The number of aliphatic hydroxyl groups excluding tert-OH is 4. The van der Waals surface area contributed by atoms with Crippen LogP contribution in [0.1, 0.15) is 0 Å². The molecule has 22 heavy (non-hydrogen) atoms. The zero-order valence-electron chi connectivity index (χ0n) is 11.9. The second-order valence-corrected chi connectivity index (χ2v) is 9.43. The van der Waals surface area contributed by atoms with Crippen molar-refractivity contribution in [2.45, 2.75) is 23.4 Å². The molecule has 10 heteroatoms. The molecule has 0 aliphatic carbocycles. The minimum absolute atomic E-state index is 1.18. The maximum absolute atomic E-state index is 9.99. The molecule has 0 aliphatic heterocycles. The maximum atomic E-state index is 9.99. The molecule has 0 radical (unpaired) electrons. The maximum Gasteiger partial charge on any atom is 0.394 e. The van der Waals surface area contributed by atoms with Gasteiger partial charge in [-0.1, -0.05) is 0 Å². The van der Waals surface area contributed by atoms with E-state index in [1.165, 1.54) is 24.3 Å². The Balaban J connectivity index is 0. The van der Waals surface area contributed by atoms with Gasteiger partial charge in [0, 0.05) is 0 Å². The van der Waals surface area contributed by atoms with Crippen molar-refractivity contribution >= 4 is 17.7 Å². The van der Waals surface area contributed by atoms with E-state index in [1.54, 1.807) is 0 Å². The van der Waals surface area contributed by atoms with Crippen LogP contribution in [0.5, 0.6) is 0 Å². The first-order valence-electron chi connectivity index (χ1n) is 5.85. The van der Waals surface area contributed by atoms with Gasteiger partial charge in [0.05, 0.1) is 0 Å². The first-order valence-corrected chi connectivity index (χ1v) is 9.56. The van der Waals surface area contributed by atoms with Crippen LogP contribution < -0.4 is 0 Å². The molecule has 0 aromatic carbocycles. The van der Waals surface area contributed by atoms with Crippen molar-refractivity contribution in [1.29, 1.82) is 0 Å². The molecule has 6 N–H and O–H groups in total. The summed E-state index contributed by atoms with van der Waals surface area (Å²) >= 11 is 0. The van der Waals surface area contributed by atoms with Gasteiger partial charge in [-0.3, -0.25) is 9.11 Å². The van der Waals surface area contributed by atoms with Gasteiger partial charge in [0.15, 0.2) is 0 Å². The van der Waals surface area contributed by atoms with Gasteiger partial charge in [-0.25, -0.2) is 0 Å². The Kier molecular flexibility index (Phi) is 10.6. The summed E-state index contributed by atoms with van der Waals surface area (Å²) in [5, 5.41) is 40.0. The Hall–Kier alpha value is -0.900. The average Bonchev–Trinajstić information content (AvgIpc) is 2.44. The Labute approximate surface area is 130 Å². The van der Waals surface area contributed by atoms with Crippen LogP contribution in [-0.4, -0.2) is 61.3 Å². The van der Waals surface area contributed by atoms with Crippen molar-refractivity contribution in [3.8, 4) is 0 Å². The van der Waals surface area contributed by atoms with Crippen molar-refractivity contribution in [2.24, 2.45) is 0 Å². The predicted octanol–water partition coefficient (Wildman–Crippen LogP) is 0.101. The molecule has 4 atom stereocenters. The first kappa shape index (κ1) is 23.4. The molecule has 0 amide bonds. The summed E-state index contributed by atoms with van der Waals surface area (Å²) in [4.78, 5) is 0. The summed E-state index contributed by atoms with van der Waals surface area (Å²) in [6.07, 6.45) is 4.72. The van der Waals surface area contributed by atoms with E-state index in [0.717, 1.165) is 0 Å². The van der Waals surface area contributed by atoms with Crippen LogP contribution in [0.3, 0.4) is 0 Å². The molecule has 0 fully saturated rings. The Morgan fingerprint density at radius 1 is 0.682 bits per heavy atom. The third kappa shape index (κ3) is 6.47. The van der Waals surface area contributed by atoms with Crippen LogP contribution in [0.2, 0.25) is 0 Å². The number of aliphatic hydroxyl groups is 4. The van der Waals surface area contributed by atoms with Crippen LogP contribution in [0.25, 0.3) is 0 Å². The summed E-state index contributed by atoms with van der Waals surface area (Å²) in [6, 6.07) is 0. The number of hydrogen-bond donors (Lipinski definition) is 6.